The maximum absolute atomic E-state index is 12.4. The van der Waals surface area contributed by atoms with Gasteiger partial charge in [0.2, 0.25) is 5.78 Å². The van der Waals surface area contributed by atoms with Crippen molar-refractivity contribution in [2.24, 2.45) is 0 Å². The van der Waals surface area contributed by atoms with E-state index < -0.39 is 0 Å². The first-order valence-electron chi connectivity index (χ1n) is 7.00. The van der Waals surface area contributed by atoms with Gasteiger partial charge < -0.3 is 4.42 Å². The van der Waals surface area contributed by atoms with E-state index in [0.717, 1.165) is 10.6 Å². The van der Waals surface area contributed by atoms with Gasteiger partial charge in [-0.15, -0.1) is 11.3 Å². The van der Waals surface area contributed by atoms with Crippen molar-refractivity contribution in [1.82, 2.24) is 4.98 Å². The first-order chi connectivity index (χ1) is 11.6. The Bertz CT molecular complexity index is 962. The van der Waals surface area contributed by atoms with Crippen LogP contribution in [0.25, 0.3) is 16.6 Å². The molecule has 3 aromatic rings. The molecule has 0 spiro atoms. The minimum absolute atomic E-state index is 0.0208. The van der Waals surface area contributed by atoms with Gasteiger partial charge >= 0.3 is 0 Å². The number of benzene rings is 1. The molecule has 24 heavy (non-hydrogen) atoms. The van der Waals surface area contributed by atoms with Crippen molar-refractivity contribution in [1.29, 1.82) is 5.26 Å². The molecule has 4 nitrogen and oxygen atoms in total. The summed E-state index contributed by atoms with van der Waals surface area (Å²) < 4.78 is 5.12. The molecule has 2 heterocycles. The van der Waals surface area contributed by atoms with Crippen LogP contribution in [0.2, 0.25) is 5.02 Å². The van der Waals surface area contributed by atoms with Crippen LogP contribution in [0.5, 0.6) is 0 Å². The van der Waals surface area contributed by atoms with Gasteiger partial charge in [0.05, 0.1) is 17.5 Å². The lowest BCUT2D eigenvalue weighted by atomic mass is 10.0. The molecular weight excluding hydrogens is 344 g/mol. The molecule has 118 valence electrons. The molecule has 0 saturated carbocycles. The van der Waals surface area contributed by atoms with Crippen molar-refractivity contribution in [2.45, 2.75) is 6.92 Å². The average molecular weight is 355 g/mol. The summed E-state index contributed by atoms with van der Waals surface area (Å²) in [6.07, 6.45) is 2.92. The minimum Gasteiger partial charge on any atom is -0.469 e. The second kappa shape index (κ2) is 6.83. The Labute approximate surface area is 147 Å². The lowest BCUT2D eigenvalue weighted by Crippen LogP contribution is -2.02. The van der Waals surface area contributed by atoms with Gasteiger partial charge in [0.25, 0.3) is 0 Å². The van der Waals surface area contributed by atoms with Gasteiger partial charge in [0, 0.05) is 16.0 Å². The van der Waals surface area contributed by atoms with Crippen molar-refractivity contribution >= 4 is 34.8 Å². The minimum atomic E-state index is -0.371. The SMILES string of the molecule is Cc1occc1C(=O)/C(C#N)=C/c1csc(-c2ccc(Cl)cc2)n1. The number of rotatable bonds is 4. The van der Waals surface area contributed by atoms with Gasteiger partial charge in [-0.2, -0.15) is 5.26 Å². The Hall–Kier alpha value is -2.68. The summed E-state index contributed by atoms with van der Waals surface area (Å²) in [5.41, 5.74) is 1.90. The predicted octanol–water partition coefficient (Wildman–Crippen LogP) is 5.15. The molecule has 0 saturated heterocycles. The van der Waals surface area contributed by atoms with Crippen LogP contribution in [-0.2, 0) is 0 Å². The molecule has 0 aliphatic rings. The molecule has 0 atom stereocenters. The number of thiazole rings is 1. The largest absolute Gasteiger partial charge is 0.469 e. The van der Waals surface area contributed by atoms with Crippen LogP contribution in [0.15, 0.2) is 52.0 Å². The molecule has 0 aliphatic heterocycles. The smallest absolute Gasteiger partial charge is 0.207 e. The highest BCUT2D eigenvalue weighted by Crippen LogP contribution is 2.26. The van der Waals surface area contributed by atoms with E-state index in [9.17, 15) is 10.1 Å². The number of ketones is 1. The van der Waals surface area contributed by atoms with Crippen molar-refractivity contribution in [2.75, 3.05) is 0 Å². The molecular formula is C18H11ClN2O2S. The molecule has 0 amide bonds. The lowest BCUT2D eigenvalue weighted by molar-refractivity contribution is 0.103. The molecule has 2 aromatic heterocycles. The molecule has 6 heteroatoms. The third-order valence-corrected chi connectivity index (χ3v) is 4.54. The van der Waals surface area contributed by atoms with Crippen LogP contribution in [0.1, 0.15) is 21.8 Å². The standard InChI is InChI=1S/C18H11ClN2O2S/c1-11-16(6-7-23-11)17(22)13(9-20)8-15-10-24-18(21-15)12-2-4-14(19)5-3-12/h2-8,10H,1H3/b13-8+. The Morgan fingerprint density at radius 3 is 2.71 bits per heavy atom. The van der Waals surface area contributed by atoms with Gasteiger partial charge in [0.1, 0.15) is 22.4 Å². The molecule has 0 unspecified atom stereocenters. The maximum Gasteiger partial charge on any atom is 0.207 e. The van der Waals surface area contributed by atoms with Crippen molar-refractivity contribution in [3.63, 3.8) is 0 Å². The highest BCUT2D eigenvalue weighted by molar-refractivity contribution is 7.13. The van der Waals surface area contributed by atoms with Crippen molar-refractivity contribution < 1.29 is 9.21 Å². The second-order valence-corrected chi connectivity index (χ2v) is 6.27. The monoisotopic (exact) mass is 354 g/mol. The highest BCUT2D eigenvalue weighted by Gasteiger charge is 2.17. The molecule has 0 fully saturated rings. The summed E-state index contributed by atoms with van der Waals surface area (Å²) in [5.74, 6) is 0.117. The van der Waals surface area contributed by atoms with E-state index in [2.05, 4.69) is 4.98 Å². The second-order valence-electron chi connectivity index (χ2n) is 4.97. The number of aryl methyl sites for hydroxylation is 1. The Morgan fingerprint density at radius 2 is 2.08 bits per heavy atom. The predicted molar refractivity (Wildman–Crippen MR) is 93.9 cm³/mol. The first kappa shape index (κ1) is 16.2. The summed E-state index contributed by atoms with van der Waals surface area (Å²) in [6, 6.07) is 10.8. The molecule has 1 aromatic carbocycles. The van der Waals surface area contributed by atoms with Gasteiger partial charge in [-0.05, 0) is 31.2 Å². The number of nitrogens with zero attached hydrogens (tertiary/aromatic N) is 2. The zero-order chi connectivity index (χ0) is 17.1. The van der Waals surface area contributed by atoms with Crippen molar-refractivity contribution in [3.8, 4) is 16.6 Å². The van der Waals surface area contributed by atoms with Crippen LogP contribution < -0.4 is 0 Å². The summed E-state index contributed by atoms with van der Waals surface area (Å²) in [6.45, 7) is 1.68. The summed E-state index contributed by atoms with van der Waals surface area (Å²) in [4.78, 5) is 16.8. The van der Waals surface area contributed by atoms with E-state index in [4.69, 9.17) is 16.0 Å². The molecule has 3 rings (SSSR count). The maximum atomic E-state index is 12.4. The number of aromatic nitrogens is 1. The van der Waals surface area contributed by atoms with E-state index >= 15 is 0 Å². The number of halogens is 1. The van der Waals surface area contributed by atoms with Crippen LogP contribution >= 0.6 is 22.9 Å². The van der Waals surface area contributed by atoms with E-state index in [0.29, 0.717) is 22.0 Å². The number of carbonyl (C=O) groups excluding carboxylic acids is 1. The number of allylic oxidation sites excluding steroid dienone is 1. The Kier molecular flexibility index (Phi) is 4.61. The average Bonchev–Trinajstić information content (AvgIpc) is 3.21. The molecule has 0 N–H and O–H groups in total. The molecule has 0 aliphatic carbocycles. The lowest BCUT2D eigenvalue weighted by Gasteiger charge is -1.97. The van der Waals surface area contributed by atoms with E-state index in [1.54, 1.807) is 30.5 Å². The molecule has 0 bridgehead atoms. The van der Waals surface area contributed by atoms with Crippen molar-refractivity contribution in [3.05, 3.63) is 69.6 Å². The Balaban J connectivity index is 1.90. The van der Waals surface area contributed by atoms with Crippen LogP contribution in [0, 0.1) is 18.3 Å². The third kappa shape index (κ3) is 3.30. The van der Waals surface area contributed by atoms with Crippen LogP contribution in [0.3, 0.4) is 0 Å². The highest BCUT2D eigenvalue weighted by atomic mass is 35.5. The third-order valence-electron chi connectivity index (χ3n) is 3.37. The topological polar surface area (TPSA) is 66.9 Å². The van der Waals surface area contributed by atoms with Crippen LogP contribution in [0.4, 0.5) is 0 Å². The van der Waals surface area contributed by atoms with E-state index in [1.807, 2.05) is 18.2 Å². The number of furan rings is 1. The quantitative estimate of drug-likeness (QED) is 0.369. The fourth-order valence-corrected chi connectivity index (χ4v) is 3.05. The molecule has 0 radical (unpaired) electrons. The number of hydrogen-bond donors (Lipinski definition) is 0. The Morgan fingerprint density at radius 1 is 1.33 bits per heavy atom. The summed E-state index contributed by atoms with van der Waals surface area (Å²) >= 11 is 7.32. The number of Topliss-reactive ketones (excluding diaryl/α,β-unsaturated/α-hetero) is 1. The first-order valence-corrected chi connectivity index (χ1v) is 8.26. The van der Waals surface area contributed by atoms with E-state index in [-0.39, 0.29) is 11.4 Å². The normalized spacial score (nSPS) is 11.3. The van der Waals surface area contributed by atoms with Crippen LogP contribution in [-0.4, -0.2) is 10.8 Å². The fourth-order valence-electron chi connectivity index (χ4n) is 2.14. The number of nitriles is 1. The van der Waals surface area contributed by atoms with Gasteiger partial charge in [-0.3, -0.25) is 4.79 Å². The zero-order valence-corrected chi connectivity index (χ0v) is 14.2. The zero-order valence-electron chi connectivity index (χ0n) is 12.6. The van der Waals surface area contributed by atoms with Gasteiger partial charge in [0.15, 0.2) is 0 Å². The van der Waals surface area contributed by atoms with Gasteiger partial charge in [-0.1, -0.05) is 23.7 Å². The summed E-state index contributed by atoms with van der Waals surface area (Å²) in [7, 11) is 0. The van der Waals surface area contributed by atoms with Gasteiger partial charge in [-0.25, -0.2) is 4.98 Å². The summed E-state index contributed by atoms with van der Waals surface area (Å²) in [5, 5.41) is 12.5. The number of hydrogen-bond acceptors (Lipinski definition) is 5. The van der Waals surface area contributed by atoms with E-state index in [1.165, 1.54) is 23.7 Å². The number of carbonyl (C=O) groups is 1. The fraction of sp³-hybridized carbons (Fsp3) is 0.0556.